The van der Waals surface area contributed by atoms with Gasteiger partial charge in [-0.25, -0.2) is 0 Å². The van der Waals surface area contributed by atoms with E-state index in [1.54, 1.807) is 0 Å². The molecule has 0 spiro atoms. The van der Waals surface area contributed by atoms with Gasteiger partial charge in [-0.3, -0.25) is 4.79 Å². The maximum atomic E-state index is 12.0. The van der Waals surface area contributed by atoms with Crippen molar-refractivity contribution < 1.29 is 9.53 Å². The first-order valence-corrected chi connectivity index (χ1v) is 7.80. The Bertz CT molecular complexity index is 284. The fourth-order valence-electron chi connectivity index (χ4n) is 3.21. The number of ether oxygens (including phenoxy) is 1. The van der Waals surface area contributed by atoms with Crippen molar-refractivity contribution in [3.05, 3.63) is 0 Å². The summed E-state index contributed by atoms with van der Waals surface area (Å²) >= 11 is 0. The molecule has 2 rings (SSSR count). The second-order valence-electron chi connectivity index (χ2n) is 6.08. The lowest BCUT2D eigenvalue weighted by Crippen LogP contribution is -2.45. The Balaban J connectivity index is 1.61. The molecular weight excluding hydrogens is 240 g/mol. The molecule has 1 saturated heterocycles. The molecule has 1 aliphatic carbocycles. The summed E-state index contributed by atoms with van der Waals surface area (Å²) in [5, 5.41) is 6.58. The molecular formula is C15H28N2O2. The molecule has 2 N–H and O–H groups in total. The Morgan fingerprint density at radius 2 is 2.26 bits per heavy atom. The standard InChI is InChI=1S/C15H28N2O2/c1-3-19-14-7-12(8-14)9-15(18)17-11(2)13-5-4-6-16-10-13/h11-14,16H,3-10H2,1-2H3,(H,17,18). The molecule has 4 heteroatoms. The predicted octanol–water partition coefficient (Wildman–Crippen LogP) is 1.70. The van der Waals surface area contributed by atoms with E-state index >= 15 is 0 Å². The molecule has 0 bridgehead atoms. The van der Waals surface area contributed by atoms with Crippen molar-refractivity contribution in [2.45, 2.75) is 58.1 Å². The van der Waals surface area contributed by atoms with Gasteiger partial charge in [-0.05, 0) is 64.5 Å². The van der Waals surface area contributed by atoms with Gasteiger partial charge in [0.1, 0.15) is 0 Å². The Hall–Kier alpha value is -0.610. The monoisotopic (exact) mass is 268 g/mol. The number of rotatable bonds is 6. The van der Waals surface area contributed by atoms with Gasteiger partial charge in [-0.2, -0.15) is 0 Å². The number of hydrogen-bond donors (Lipinski definition) is 2. The lowest BCUT2D eigenvalue weighted by molar-refractivity contribution is -0.125. The van der Waals surface area contributed by atoms with Crippen molar-refractivity contribution in [3.63, 3.8) is 0 Å². The number of hydrogen-bond acceptors (Lipinski definition) is 3. The Morgan fingerprint density at radius 1 is 1.47 bits per heavy atom. The molecule has 1 amide bonds. The van der Waals surface area contributed by atoms with Crippen LogP contribution in [-0.4, -0.2) is 37.7 Å². The molecule has 2 atom stereocenters. The number of carbonyl (C=O) groups is 1. The van der Waals surface area contributed by atoms with E-state index in [9.17, 15) is 4.79 Å². The zero-order chi connectivity index (χ0) is 13.7. The van der Waals surface area contributed by atoms with Gasteiger partial charge in [-0.1, -0.05) is 0 Å². The van der Waals surface area contributed by atoms with Crippen LogP contribution >= 0.6 is 0 Å². The van der Waals surface area contributed by atoms with Crippen LogP contribution in [0.2, 0.25) is 0 Å². The van der Waals surface area contributed by atoms with Crippen molar-refractivity contribution in [1.29, 1.82) is 0 Å². The highest BCUT2D eigenvalue weighted by Gasteiger charge is 2.31. The molecule has 2 unspecified atom stereocenters. The molecule has 4 nitrogen and oxygen atoms in total. The van der Waals surface area contributed by atoms with E-state index in [-0.39, 0.29) is 5.91 Å². The SMILES string of the molecule is CCOC1CC(CC(=O)NC(C)C2CCCNC2)C1. The highest BCUT2D eigenvalue weighted by atomic mass is 16.5. The van der Waals surface area contributed by atoms with Gasteiger partial charge >= 0.3 is 0 Å². The third-order valence-corrected chi connectivity index (χ3v) is 4.50. The van der Waals surface area contributed by atoms with Gasteiger partial charge in [-0.15, -0.1) is 0 Å². The predicted molar refractivity (Wildman–Crippen MR) is 76.0 cm³/mol. The summed E-state index contributed by atoms with van der Waals surface area (Å²) in [7, 11) is 0. The molecule has 0 aromatic heterocycles. The minimum Gasteiger partial charge on any atom is -0.378 e. The van der Waals surface area contributed by atoms with E-state index in [2.05, 4.69) is 17.6 Å². The van der Waals surface area contributed by atoms with E-state index in [0.29, 0.717) is 30.4 Å². The first-order valence-electron chi connectivity index (χ1n) is 7.80. The van der Waals surface area contributed by atoms with E-state index in [4.69, 9.17) is 4.74 Å². The lowest BCUT2D eigenvalue weighted by Gasteiger charge is -2.35. The molecule has 2 aliphatic rings. The number of nitrogens with one attached hydrogen (secondary N) is 2. The average Bonchev–Trinajstić information content (AvgIpc) is 2.37. The van der Waals surface area contributed by atoms with E-state index < -0.39 is 0 Å². The minimum absolute atomic E-state index is 0.220. The van der Waals surface area contributed by atoms with Crippen LogP contribution in [0, 0.1) is 11.8 Å². The van der Waals surface area contributed by atoms with Gasteiger partial charge in [0.25, 0.3) is 0 Å². The van der Waals surface area contributed by atoms with Crippen molar-refractivity contribution in [3.8, 4) is 0 Å². The van der Waals surface area contributed by atoms with Crippen LogP contribution in [0.15, 0.2) is 0 Å². The van der Waals surface area contributed by atoms with E-state index in [1.165, 1.54) is 12.8 Å². The molecule has 1 aliphatic heterocycles. The largest absolute Gasteiger partial charge is 0.378 e. The maximum absolute atomic E-state index is 12.0. The van der Waals surface area contributed by atoms with Crippen molar-refractivity contribution in [2.75, 3.05) is 19.7 Å². The van der Waals surface area contributed by atoms with Crippen LogP contribution in [0.25, 0.3) is 0 Å². The molecule has 19 heavy (non-hydrogen) atoms. The third kappa shape index (κ3) is 4.46. The number of piperidine rings is 1. The third-order valence-electron chi connectivity index (χ3n) is 4.50. The quantitative estimate of drug-likeness (QED) is 0.771. The molecule has 0 radical (unpaired) electrons. The summed E-state index contributed by atoms with van der Waals surface area (Å²) in [6.45, 7) is 7.11. The van der Waals surface area contributed by atoms with Gasteiger partial charge in [0.05, 0.1) is 6.10 Å². The van der Waals surface area contributed by atoms with Crippen LogP contribution in [0.1, 0.15) is 46.0 Å². The van der Waals surface area contributed by atoms with Crippen LogP contribution in [0.4, 0.5) is 0 Å². The highest BCUT2D eigenvalue weighted by molar-refractivity contribution is 5.76. The van der Waals surface area contributed by atoms with Crippen LogP contribution in [-0.2, 0) is 9.53 Å². The van der Waals surface area contributed by atoms with E-state index in [1.807, 2.05) is 6.92 Å². The molecule has 0 aromatic carbocycles. The second-order valence-corrected chi connectivity index (χ2v) is 6.08. The summed E-state index contributed by atoms with van der Waals surface area (Å²) in [6, 6.07) is 0.295. The zero-order valence-corrected chi connectivity index (χ0v) is 12.3. The van der Waals surface area contributed by atoms with Gasteiger partial charge in [0, 0.05) is 19.1 Å². The first-order chi connectivity index (χ1) is 9.19. The molecule has 0 aromatic rings. The Morgan fingerprint density at radius 3 is 2.89 bits per heavy atom. The van der Waals surface area contributed by atoms with E-state index in [0.717, 1.165) is 32.5 Å². The molecule has 1 saturated carbocycles. The fourth-order valence-corrected chi connectivity index (χ4v) is 3.21. The molecule has 1 heterocycles. The molecule has 2 fully saturated rings. The summed E-state index contributed by atoms with van der Waals surface area (Å²) < 4.78 is 5.53. The maximum Gasteiger partial charge on any atom is 0.220 e. The Kier molecular flexibility index (Phi) is 5.64. The minimum atomic E-state index is 0.220. The topological polar surface area (TPSA) is 50.4 Å². The summed E-state index contributed by atoms with van der Waals surface area (Å²) in [4.78, 5) is 12.0. The Labute approximate surface area is 116 Å². The number of carbonyl (C=O) groups excluding carboxylic acids is 1. The van der Waals surface area contributed by atoms with Crippen molar-refractivity contribution >= 4 is 5.91 Å². The van der Waals surface area contributed by atoms with Gasteiger partial charge < -0.3 is 15.4 Å². The summed E-state index contributed by atoms with van der Waals surface area (Å²) in [5.74, 6) is 1.35. The average molecular weight is 268 g/mol. The number of amides is 1. The highest BCUT2D eigenvalue weighted by Crippen LogP contribution is 2.32. The van der Waals surface area contributed by atoms with Crippen LogP contribution in [0.5, 0.6) is 0 Å². The van der Waals surface area contributed by atoms with Gasteiger partial charge in [0.2, 0.25) is 5.91 Å². The van der Waals surface area contributed by atoms with Crippen molar-refractivity contribution in [2.24, 2.45) is 11.8 Å². The summed E-state index contributed by atoms with van der Waals surface area (Å²) in [6.07, 6.45) is 5.64. The van der Waals surface area contributed by atoms with Gasteiger partial charge in [0.15, 0.2) is 0 Å². The molecule has 110 valence electrons. The van der Waals surface area contributed by atoms with Crippen LogP contribution < -0.4 is 10.6 Å². The smallest absolute Gasteiger partial charge is 0.220 e. The fraction of sp³-hybridized carbons (Fsp3) is 0.933. The summed E-state index contributed by atoms with van der Waals surface area (Å²) in [5.41, 5.74) is 0. The lowest BCUT2D eigenvalue weighted by atomic mass is 9.79. The second kappa shape index (κ2) is 7.25. The van der Waals surface area contributed by atoms with Crippen molar-refractivity contribution in [1.82, 2.24) is 10.6 Å². The zero-order valence-electron chi connectivity index (χ0n) is 12.3. The first kappa shape index (κ1) is 14.8. The normalized spacial score (nSPS) is 32.4. The van der Waals surface area contributed by atoms with Crippen LogP contribution in [0.3, 0.4) is 0 Å².